The predicted octanol–water partition coefficient (Wildman–Crippen LogP) is 4.01. The van der Waals surface area contributed by atoms with Crippen molar-refractivity contribution < 1.29 is 18.3 Å². The number of benzene rings is 1. The lowest BCUT2D eigenvalue weighted by molar-refractivity contribution is -0.113. The van der Waals surface area contributed by atoms with Gasteiger partial charge >= 0.3 is 6.61 Å². The molecule has 3 aromatic rings. The molecule has 2 aromatic heterocycles. The molecule has 0 atom stereocenters. The summed E-state index contributed by atoms with van der Waals surface area (Å²) in [6.07, 6.45) is 5.55. The van der Waals surface area contributed by atoms with Gasteiger partial charge in [0, 0.05) is 29.7 Å². The first-order chi connectivity index (χ1) is 14.1. The molecule has 1 saturated carbocycles. The minimum Gasteiger partial charge on any atom is -0.435 e. The zero-order valence-electron chi connectivity index (χ0n) is 15.2. The van der Waals surface area contributed by atoms with E-state index in [1.165, 1.54) is 36.0 Å². The fourth-order valence-corrected chi connectivity index (χ4v) is 3.58. The number of halogens is 2. The Bertz CT molecular complexity index is 978. The minimum atomic E-state index is -2.88. The Morgan fingerprint density at radius 3 is 2.69 bits per heavy atom. The maximum absolute atomic E-state index is 12.3. The number of carbonyl (C=O) groups excluding carboxylic acids is 1. The normalized spacial score (nSPS) is 13.5. The van der Waals surface area contributed by atoms with Crippen LogP contribution in [0.4, 0.5) is 14.5 Å². The second kappa shape index (κ2) is 8.56. The van der Waals surface area contributed by atoms with Gasteiger partial charge in [0.1, 0.15) is 5.75 Å². The predicted molar refractivity (Wildman–Crippen MR) is 104 cm³/mol. The number of thioether (sulfide) groups is 1. The zero-order valence-corrected chi connectivity index (χ0v) is 16.0. The van der Waals surface area contributed by atoms with Gasteiger partial charge in [-0.2, -0.15) is 8.78 Å². The molecule has 0 aliphatic heterocycles. The molecule has 4 rings (SSSR count). The second-order valence-corrected chi connectivity index (χ2v) is 7.33. The van der Waals surface area contributed by atoms with E-state index in [0.29, 0.717) is 16.9 Å². The fourth-order valence-electron chi connectivity index (χ4n) is 2.78. The van der Waals surface area contributed by atoms with Crippen molar-refractivity contribution >= 4 is 23.4 Å². The molecule has 7 nitrogen and oxygen atoms in total. The topological polar surface area (TPSA) is 81.9 Å². The van der Waals surface area contributed by atoms with Crippen LogP contribution in [0.25, 0.3) is 11.4 Å². The molecule has 0 spiro atoms. The number of aromatic nitrogens is 4. The Labute approximate surface area is 169 Å². The van der Waals surface area contributed by atoms with E-state index in [1.807, 2.05) is 12.1 Å². The molecule has 150 valence electrons. The molecule has 0 radical (unpaired) electrons. The van der Waals surface area contributed by atoms with Crippen LogP contribution >= 0.6 is 11.8 Å². The summed E-state index contributed by atoms with van der Waals surface area (Å²) in [4.78, 5) is 16.4. The molecule has 0 bridgehead atoms. The van der Waals surface area contributed by atoms with Crippen LogP contribution in [-0.2, 0) is 4.79 Å². The minimum absolute atomic E-state index is 0.0350. The number of carbonyl (C=O) groups is 1. The lowest BCUT2D eigenvalue weighted by Crippen LogP contribution is -2.14. The Balaban J connectivity index is 1.39. The highest BCUT2D eigenvalue weighted by molar-refractivity contribution is 7.99. The number of ether oxygens (including phenoxy) is 1. The number of pyridine rings is 1. The zero-order chi connectivity index (χ0) is 20.2. The highest BCUT2D eigenvalue weighted by Gasteiger charge is 2.30. The van der Waals surface area contributed by atoms with Crippen LogP contribution in [-0.4, -0.2) is 38.0 Å². The van der Waals surface area contributed by atoms with Crippen LogP contribution in [0.2, 0.25) is 0 Å². The molecule has 1 aliphatic carbocycles. The molecule has 1 aromatic carbocycles. The molecule has 1 fully saturated rings. The Morgan fingerprint density at radius 2 is 2.03 bits per heavy atom. The lowest BCUT2D eigenvalue weighted by atomic mass is 10.3. The van der Waals surface area contributed by atoms with Gasteiger partial charge in [-0.05, 0) is 49.2 Å². The van der Waals surface area contributed by atoms with Crippen molar-refractivity contribution in [2.75, 3.05) is 11.1 Å². The SMILES string of the molecule is O=C(CSc1nnc(-c2cccnc2)n1C1CC1)Nc1ccc(OC(F)F)cc1. The molecule has 0 unspecified atom stereocenters. The summed E-state index contributed by atoms with van der Waals surface area (Å²) >= 11 is 1.30. The van der Waals surface area contributed by atoms with E-state index in [-0.39, 0.29) is 17.4 Å². The highest BCUT2D eigenvalue weighted by Crippen LogP contribution is 2.40. The first-order valence-corrected chi connectivity index (χ1v) is 9.91. The number of rotatable bonds is 8. The van der Waals surface area contributed by atoms with Gasteiger partial charge in [0.2, 0.25) is 5.91 Å². The molecule has 29 heavy (non-hydrogen) atoms. The summed E-state index contributed by atoms with van der Waals surface area (Å²) in [5.41, 5.74) is 1.38. The van der Waals surface area contributed by atoms with E-state index in [9.17, 15) is 13.6 Å². The summed E-state index contributed by atoms with van der Waals surface area (Å²) in [6.45, 7) is -2.88. The van der Waals surface area contributed by atoms with Crippen LogP contribution in [0.3, 0.4) is 0 Å². The van der Waals surface area contributed by atoms with E-state index in [2.05, 4.69) is 29.8 Å². The largest absolute Gasteiger partial charge is 0.435 e. The lowest BCUT2D eigenvalue weighted by Gasteiger charge is -2.09. The van der Waals surface area contributed by atoms with Gasteiger partial charge in [-0.15, -0.1) is 10.2 Å². The third kappa shape index (κ3) is 4.89. The van der Waals surface area contributed by atoms with E-state index in [4.69, 9.17) is 0 Å². The van der Waals surface area contributed by atoms with Crippen LogP contribution in [0.5, 0.6) is 5.75 Å². The third-order valence-corrected chi connectivity index (χ3v) is 5.13. The van der Waals surface area contributed by atoms with Crippen LogP contribution in [0.1, 0.15) is 18.9 Å². The van der Waals surface area contributed by atoms with Gasteiger partial charge in [-0.25, -0.2) is 0 Å². The number of anilines is 1. The van der Waals surface area contributed by atoms with Crippen LogP contribution in [0, 0.1) is 0 Å². The first kappa shape index (κ1) is 19.3. The maximum Gasteiger partial charge on any atom is 0.387 e. The number of alkyl halides is 2. The average Bonchev–Trinajstić information content (AvgIpc) is 3.47. The van der Waals surface area contributed by atoms with E-state index in [0.717, 1.165) is 24.2 Å². The molecule has 1 amide bonds. The fraction of sp³-hybridized carbons (Fsp3) is 0.263. The van der Waals surface area contributed by atoms with Gasteiger partial charge < -0.3 is 10.1 Å². The molecule has 10 heteroatoms. The Morgan fingerprint density at radius 1 is 1.24 bits per heavy atom. The third-order valence-electron chi connectivity index (χ3n) is 4.19. The molecule has 0 saturated heterocycles. The summed E-state index contributed by atoms with van der Waals surface area (Å²) in [5.74, 6) is 0.699. The van der Waals surface area contributed by atoms with Gasteiger partial charge in [0.05, 0.1) is 5.75 Å². The van der Waals surface area contributed by atoms with Gasteiger partial charge in [0.25, 0.3) is 0 Å². The second-order valence-electron chi connectivity index (χ2n) is 6.39. The standard InChI is InChI=1S/C19H17F2N5O2S/c20-18(21)28-15-7-3-13(4-8-15)23-16(27)11-29-19-25-24-17(26(19)14-5-6-14)12-2-1-9-22-10-12/h1-4,7-10,14,18H,5-6,11H2,(H,23,27). The first-order valence-electron chi connectivity index (χ1n) is 8.93. The molecule has 1 N–H and O–H groups in total. The monoisotopic (exact) mass is 417 g/mol. The Kier molecular flexibility index (Phi) is 5.70. The molecule has 2 heterocycles. The molecular formula is C19H17F2N5O2S. The quantitative estimate of drug-likeness (QED) is 0.558. The number of hydrogen-bond donors (Lipinski definition) is 1. The number of nitrogens with zero attached hydrogens (tertiary/aromatic N) is 4. The van der Waals surface area contributed by atoms with Gasteiger partial charge in [-0.3, -0.25) is 14.3 Å². The van der Waals surface area contributed by atoms with Crippen molar-refractivity contribution in [1.29, 1.82) is 0 Å². The summed E-state index contributed by atoms with van der Waals surface area (Å²) in [7, 11) is 0. The maximum atomic E-state index is 12.3. The van der Waals surface area contributed by atoms with E-state index >= 15 is 0 Å². The van der Waals surface area contributed by atoms with E-state index < -0.39 is 6.61 Å². The highest BCUT2D eigenvalue weighted by atomic mass is 32.2. The van der Waals surface area contributed by atoms with Gasteiger partial charge in [0.15, 0.2) is 11.0 Å². The van der Waals surface area contributed by atoms with E-state index in [1.54, 1.807) is 12.4 Å². The van der Waals surface area contributed by atoms with Crippen LogP contribution in [0.15, 0.2) is 53.9 Å². The van der Waals surface area contributed by atoms with Gasteiger partial charge in [-0.1, -0.05) is 11.8 Å². The van der Waals surface area contributed by atoms with Crippen molar-refractivity contribution in [3.63, 3.8) is 0 Å². The van der Waals surface area contributed by atoms with Crippen molar-refractivity contribution in [2.45, 2.75) is 30.7 Å². The number of nitrogens with one attached hydrogen (secondary N) is 1. The summed E-state index contributed by atoms with van der Waals surface area (Å²) in [6, 6.07) is 9.88. The summed E-state index contributed by atoms with van der Waals surface area (Å²) in [5, 5.41) is 11.9. The number of hydrogen-bond acceptors (Lipinski definition) is 6. The smallest absolute Gasteiger partial charge is 0.387 e. The average molecular weight is 417 g/mol. The Hall–Kier alpha value is -3.01. The molecule has 1 aliphatic rings. The number of amides is 1. The van der Waals surface area contributed by atoms with Crippen LogP contribution < -0.4 is 10.1 Å². The van der Waals surface area contributed by atoms with Crippen molar-refractivity contribution in [1.82, 2.24) is 19.7 Å². The molecular weight excluding hydrogens is 400 g/mol. The van der Waals surface area contributed by atoms with Crippen molar-refractivity contribution in [3.8, 4) is 17.1 Å². The summed E-state index contributed by atoms with van der Waals surface area (Å²) < 4.78 is 30.7. The van der Waals surface area contributed by atoms with Crippen molar-refractivity contribution in [2.24, 2.45) is 0 Å². The van der Waals surface area contributed by atoms with Crippen molar-refractivity contribution in [3.05, 3.63) is 48.8 Å².